The fourth-order valence-electron chi connectivity index (χ4n) is 5.80. The summed E-state index contributed by atoms with van der Waals surface area (Å²) < 4.78 is 42.8. The molecule has 0 spiro atoms. The van der Waals surface area contributed by atoms with E-state index in [9.17, 15) is 18.0 Å². The first kappa shape index (κ1) is 33.2. The summed E-state index contributed by atoms with van der Waals surface area (Å²) in [6, 6.07) is 17.8. The normalized spacial score (nSPS) is 15.0. The highest BCUT2D eigenvalue weighted by atomic mass is 32.2. The Hall–Kier alpha value is -4.12. The Kier molecular flexibility index (Phi) is 9.91. The van der Waals surface area contributed by atoms with Gasteiger partial charge in [-0.1, -0.05) is 67.6 Å². The van der Waals surface area contributed by atoms with Crippen LogP contribution in [0.5, 0.6) is 5.75 Å². The second-order valence-electron chi connectivity index (χ2n) is 12.5. The molecule has 2 heterocycles. The number of amidine groups is 1. The zero-order chi connectivity index (χ0) is 33.1. The molecule has 1 aliphatic heterocycles. The molecule has 0 saturated carbocycles. The van der Waals surface area contributed by atoms with Gasteiger partial charge in [0.2, 0.25) is 5.91 Å². The first-order valence-corrected chi connectivity index (χ1v) is 16.2. The largest absolute Gasteiger partial charge is 0.573 e. The van der Waals surface area contributed by atoms with Gasteiger partial charge in [0.25, 0.3) is 0 Å². The van der Waals surface area contributed by atoms with Crippen molar-refractivity contribution in [2.24, 2.45) is 10.4 Å². The summed E-state index contributed by atoms with van der Waals surface area (Å²) in [5.74, 6) is 1.06. The van der Waals surface area contributed by atoms with Crippen molar-refractivity contribution in [3.8, 4) is 22.8 Å². The van der Waals surface area contributed by atoms with Crippen molar-refractivity contribution in [2.45, 2.75) is 66.7 Å². The zero-order valence-electron chi connectivity index (χ0n) is 26.7. The number of aryl methyl sites for hydroxylation is 3. The van der Waals surface area contributed by atoms with Gasteiger partial charge in [0.1, 0.15) is 12.1 Å². The minimum atomic E-state index is -4.74. The molecule has 0 bridgehead atoms. The number of hydrogen-bond acceptors (Lipinski definition) is 5. The van der Waals surface area contributed by atoms with E-state index >= 15 is 0 Å². The minimum absolute atomic E-state index is 0.0931. The summed E-state index contributed by atoms with van der Waals surface area (Å²) >= 11 is 1.65. The third-order valence-corrected chi connectivity index (χ3v) is 8.91. The Balaban J connectivity index is 1.18. The van der Waals surface area contributed by atoms with E-state index in [1.807, 2.05) is 24.3 Å². The van der Waals surface area contributed by atoms with Gasteiger partial charge < -0.3 is 9.64 Å². The fraction of sp³-hybridized carbons (Fsp3) is 0.371. The molecule has 1 fully saturated rings. The molecule has 0 N–H and O–H groups in total. The maximum absolute atomic E-state index is 13.1. The molecule has 0 atom stereocenters. The van der Waals surface area contributed by atoms with Crippen molar-refractivity contribution in [2.75, 3.05) is 17.2 Å². The number of carbonyl (C=O) groups is 1. The molecule has 1 saturated heterocycles. The lowest BCUT2D eigenvalue weighted by atomic mass is 9.81. The maximum Gasteiger partial charge on any atom is 0.573 e. The van der Waals surface area contributed by atoms with Crippen LogP contribution in [0.4, 0.5) is 18.9 Å². The van der Waals surface area contributed by atoms with E-state index in [2.05, 4.69) is 71.5 Å². The standard InChI is InChI=1S/C35H38F3N5O2S/c1-23-19-24(2)31(25(3)20-23)42-17-6-18-46-33(42)40-30(44)15-16-34(4,5)21-26-7-9-27(10-8-26)32-39-22-43(41-32)28-11-13-29(14-12-28)45-35(36,37)38/h7-14,19-20,22H,6,15-18,21H2,1-5H3. The van der Waals surface area contributed by atoms with Crippen LogP contribution in [0.1, 0.15) is 55.4 Å². The molecule has 1 amide bonds. The van der Waals surface area contributed by atoms with Crippen LogP contribution in [-0.2, 0) is 11.2 Å². The minimum Gasteiger partial charge on any atom is -0.406 e. The number of amides is 1. The van der Waals surface area contributed by atoms with Crippen LogP contribution in [0.3, 0.4) is 0 Å². The molecule has 3 aromatic carbocycles. The summed E-state index contributed by atoms with van der Waals surface area (Å²) in [7, 11) is 0. The van der Waals surface area contributed by atoms with Gasteiger partial charge >= 0.3 is 6.36 Å². The summed E-state index contributed by atoms with van der Waals surface area (Å²) in [6.45, 7) is 11.5. The molecule has 4 aromatic rings. The van der Waals surface area contributed by atoms with Crippen molar-refractivity contribution in [3.63, 3.8) is 0 Å². The first-order valence-electron chi connectivity index (χ1n) is 15.2. The molecular formula is C35H38F3N5O2S. The van der Waals surface area contributed by atoms with E-state index in [4.69, 9.17) is 0 Å². The molecular weight excluding hydrogens is 611 g/mol. The average molecular weight is 650 g/mol. The highest BCUT2D eigenvalue weighted by molar-refractivity contribution is 8.14. The number of anilines is 1. The summed E-state index contributed by atoms with van der Waals surface area (Å²) in [5.41, 5.74) is 7.17. The lowest BCUT2D eigenvalue weighted by Crippen LogP contribution is -2.35. The van der Waals surface area contributed by atoms with E-state index in [0.717, 1.165) is 47.1 Å². The van der Waals surface area contributed by atoms with Crippen molar-refractivity contribution >= 4 is 28.5 Å². The highest BCUT2D eigenvalue weighted by Gasteiger charge is 2.31. The monoisotopic (exact) mass is 649 g/mol. The molecule has 11 heteroatoms. The van der Waals surface area contributed by atoms with Crippen LogP contribution in [0, 0.1) is 26.2 Å². The van der Waals surface area contributed by atoms with Gasteiger partial charge in [0.15, 0.2) is 11.0 Å². The SMILES string of the molecule is Cc1cc(C)c(N2CCCSC2=NC(=O)CCC(C)(C)Cc2ccc(-c3ncn(-c4ccc(OC(F)(F)F)cc4)n3)cc2)c(C)c1. The van der Waals surface area contributed by atoms with Gasteiger partial charge in [-0.2, -0.15) is 4.99 Å². The maximum atomic E-state index is 13.1. The number of alkyl halides is 3. The van der Waals surface area contributed by atoms with E-state index < -0.39 is 6.36 Å². The average Bonchev–Trinajstić information content (AvgIpc) is 3.47. The number of benzene rings is 3. The van der Waals surface area contributed by atoms with Gasteiger partial charge in [-0.05, 0) is 86.4 Å². The van der Waals surface area contributed by atoms with E-state index in [1.54, 1.807) is 11.8 Å². The molecule has 5 rings (SSSR count). The Labute approximate surface area is 271 Å². The third kappa shape index (κ3) is 8.57. The van der Waals surface area contributed by atoms with Crippen molar-refractivity contribution in [1.82, 2.24) is 14.8 Å². The second-order valence-corrected chi connectivity index (χ2v) is 13.5. The number of rotatable bonds is 9. The van der Waals surface area contributed by atoms with Gasteiger partial charge in [-0.3, -0.25) is 4.79 Å². The molecule has 0 radical (unpaired) electrons. The lowest BCUT2D eigenvalue weighted by molar-refractivity contribution is -0.274. The Morgan fingerprint density at radius 3 is 2.33 bits per heavy atom. The predicted octanol–water partition coefficient (Wildman–Crippen LogP) is 8.63. The van der Waals surface area contributed by atoms with Gasteiger partial charge in [0.05, 0.1) is 5.69 Å². The Bertz CT molecular complexity index is 1690. The number of aromatic nitrogens is 3. The van der Waals surface area contributed by atoms with E-state index in [0.29, 0.717) is 24.4 Å². The zero-order valence-corrected chi connectivity index (χ0v) is 27.5. The summed E-state index contributed by atoms with van der Waals surface area (Å²) in [6.07, 6.45) is -0.316. The summed E-state index contributed by atoms with van der Waals surface area (Å²) in [4.78, 5) is 24.3. The van der Waals surface area contributed by atoms with E-state index in [1.165, 1.54) is 52.0 Å². The topological polar surface area (TPSA) is 72.6 Å². The van der Waals surface area contributed by atoms with Crippen LogP contribution in [0.2, 0.25) is 0 Å². The fourth-order valence-corrected chi connectivity index (χ4v) is 6.76. The molecule has 242 valence electrons. The third-order valence-electron chi connectivity index (χ3n) is 7.85. The Morgan fingerprint density at radius 1 is 1.00 bits per heavy atom. The van der Waals surface area contributed by atoms with Gasteiger partial charge in [-0.25, -0.2) is 9.67 Å². The van der Waals surface area contributed by atoms with Gasteiger partial charge in [-0.15, -0.1) is 18.3 Å². The lowest BCUT2D eigenvalue weighted by Gasteiger charge is -2.32. The number of hydrogen-bond donors (Lipinski definition) is 0. The number of nitrogens with zero attached hydrogens (tertiary/aromatic N) is 5. The quantitative estimate of drug-likeness (QED) is 0.181. The van der Waals surface area contributed by atoms with Gasteiger partial charge in [0, 0.05) is 30.0 Å². The second kappa shape index (κ2) is 13.7. The van der Waals surface area contributed by atoms with Crippen LogP contribution in [0.25, 0.3) is 17.1 Å². The van der Waals surface area contributed by atoms with E-state index in [-0.39, 0.29) is 17.1 Å². The Morgan fingerprint density at radius 2 is 1.67 bits per heavy atom. The predicted molar refractivity (Wildman–Crippen MR) is 178 cm³/mol. The molecule has 0 unspecified atom stereocenters. The molecule has 0 aliphatic carbocycles. The van der Waals surface area contributed by atoms with Crippen molar-refractivity contribution in [1.29, 1.82) is 0 Å². The van der Waals surface area contributed by atoms with Crippen molar-refractivity contribution in [3.05, 3.63) is 89.2 Å². The smallest absolute Gasteiger partial charge is 0.406 e. The number of halogens is 3. The van der Waals surface area contributed by atoms with Crippen LogP contribution in [0.15, 0.2) is 72.0 Å². The molecule has 7 nitrogen and oxygen atoms in total. The van der Waals surface area contributed by atoms with Crippen LogP contribution >= 0.6 is 11.8 Å². The summed E-state index contributed by atoms with van der Waals surface area (Å²) in [5, 5.41) is 5.28. The molecule has 46 heavy (non-hydrogen) atoms. The number of ether oxygens (including phenoxy) is 1. The highest BCUT2D eigenvalue weighted by Crippen LogP contribution is 2.33. The van der Waals surface area contributed by atoms with Crippen LogP contribution < -0.4 is 9.64 Å². The van der Waals surface area contributed by atoms with Crippen molar-refractivity contribution < 1.29 is 22.7 Å². The molecule has 1 aliphatic rings. The number of carbonyl (C=O) groups excluding carboxylic acids is 1. The molecule has 1 aromatic heterocycles. The van der Waals surface area contributed by atoms with Crippen LogP contribution in [-0.4, -0.2) is 44.5 Å². The number of aliphatic imine (C=N–C) groups is 1. The number of thioether (sulfide) groups is 1. The first-order chi connectivity index (χ1) is 21.8.